The Bertz CT molecular complexity index is 549. The third-order valence-electron chi connectivity index (χ3n) is 2.91. The van der Waals surface area contributed by atoms with Gasteiger partial charge in [0, 0.05) is 12.0 Å². The molecule has 0 heterocycles. The number of nitrogens with two attached hydrogens (primary N) is 1. The molecule has 0 radical (unpaired) electrons. The molecule has 0 spiro atoms. The van der Waals surface area contributed by atoms with Crippen molar-refractivity contribution in [1.29, 1.82) is 0 Å². The van der Waals surface area contributed by atoms with Crippen LogP contribution in [-0.2, 0) is 16.4 Å². The molecule has 19 heavy (non-hydrogen) atoms. The Balaban J connectivity index is 2.94. The van der Waals surface area contributed by atoms with Crippen molar-refractivity contribution >= 4 is 27.2 Å². The molecule has 1 aromatic carbocycles. The van der Waals surface area contributed by atoms with Gasteiger partial charge in [-0.25, -0.2) is 13.1 Å². The van der Waals surface area contributed by atoms with E-state index in [4.69, 9.17) is 18.0 Å². The summed E-state index contributed by atoms with van der Waals surface area (Å²) in [6.07, 6.45) is 1.19. The van der Waals surface area contributed by atoms with E-state index in [0.717, 1.165) is 5.56 Å². The van der Waals surface area contributed by atoms with Crippen LogP contribution in [0.1, 0.15) is 32.8 Å². The summed E-state index contributed by atoms with van der Waals surface area (Å²) >= 11 is 4.82. The zero-order valence-corrected chi connectivity index (χ0v) is 13.1. The van der Waals surface area contributed by atoms with Gasteiger partial charge in [0.2, 0.25) is 10.0 Å². The molecule has 1 aromatic rings. The highest BCUT2D eigenvalue weighted by molar-refractivity contribution is 7.89. The maximum atomic E-state index is 12.2. The van der Waals surface area contributed by atoms with Crippen molar-refractivity contribution in [3.63, 3.8) is 0 Å². The Kier molecular flexibility index (Phi) is 5.06. The van der Waals surface area contributed by atoms with Crippen LogP contribution in [0.15, 0.2) is 29.2 Å². The molecule has 0 unspecified atom stereocenters. The highest BCUT2D eigenvalue weighted by Crippen LogP contribution is 2.16. The van der Waals surface area contributed by atoms with Gasteiger partial charge in [0.05, 0.1) is 9.88 Å². The van der Waals surface area contributed by atoms with E-state index in [1.807, 2.05) is 20.8 Å². The first kappa shape index (κ1) is 16.1. The van der Waals surface area contributed by atoms with Gasteiger partial charge in [0.15, 0.2) is 0 Å². The average molecular weight is 300 g/mol. The lowest BCUT2D eigenvalue weighted by Gasteiger charge is -2.24. The first-order valence-corrected chi connectivity index (χ1v) is 7.96. The number of rotatable bonds is 6. The van der Waals surface area contributed by atoms with E-state index in [1.165, 1.54) is 0 Å². The summed E-state index contributed by atoms with van der Waals surface area (Å²) in [6, 6.07) is 6.60. The predicted octanol–water partition coefficient (Wildman–Crippen LogP) is 1.98. The lowest BCUT2D eigenvalue weighted by atomic mass is 10.0. The molecule has 106 valence electrons. The molecule has 3 N–H and O–H groups in total. The standard InChI is InChI=1S/C13H20N2O2S2/c1-4-13(2,3)15-19(16,17)11-7-5-10(6-8-11)9-12(14)18/h5-8,15H,4,9H2,1-3H3,(H2,14,18). The third-order valence-corrected chi connectivity index (χ3v) is 4.76. The Morgan fingerprint density at radius 2 is 1.84 bits per heavy atom. The third kappa shape index (κ3) is 4.89. The number of hydrogen-bond donors (Lipinski definition) is 2. The molecule has 0 aromatic heterocycles. The molecule has 0 saturated carbocycles. The quantitative estimate of drug-likeness (QED) is 0.788. The van der Waals surface area contributed by atoms with Gasteiger partial charge < -0.3 is 5.73 Å². The Labute approximate surface area is 120 Å². The first-order valence-electron chi connectivity index (χ1n) is 6.07. The van der Waals surface area contributed by atoms with Crippen molar-refractivity contribution in [2.45, 2.75) is 44.0 Å². The number of hydrogen-bond acceptors (Lipinski definition) is 3. The van der Waals surface area contributed by atoms with Crippen molar-refractivity contribution in [2.24, 2.45) is 5.73 Å². The second kappa shape index (κ2) is 5.98. The van der Waals surface area contributed by atoms with Crippen LogP contribution < -0.4 is 10.5 Å². The largest absolute Gasteiger partial charge is 0.393 e. The van der Waals surface area contributed by atoms with Crippen molar-refractivity contribution in [2.75, 3.05) is 0 Å². The molecule has 0 saturated heterocycles. The first-order chi connectivity index (χ1) is 8.66. The smallest absolute Gasteiger partial charge is 0.241 e. The summed E-state index contributed by atoms with van der Waals surface area (Å²) in [4.78, 5) is 0.640. The summed E-state index contributed by atoms with van der Waals surface area (Å²) in [7, 11) is -3.49. The molecule has 0 aliphatic carbocycles. The van der Waals surface area contributed by atoms with E-state index in [2.05, 4.69) is 4.72 Å². The molecular formula is C13H20N2O2S2. The fraction of sp³-hybridized carbons (Fsp3) is 0.462. The maximum Gasteiger partial charge on any atom is 0.241 e. The fourth-order valence-corrected chi connectivity index (χ4v) is 3.13. The SMILES string of the molecule is CCC(C)(C)NS(=O)(=O)c1ccc(CC(N)=S)cc1. The Morgan fingerprint density at radius 3 is 2.26 bits per heavy atom. The molecule has 0 amide bonds. The molecule has 4 nitrogen and oxygen atoms in total. The summed E-state index contributed by atoms with van der Waals surface area (Å²) in [5.74, 6) is 0. The molecule has 6 heteroatoms. The van der Waals surface area contributed by atoms with E-state index in [0.29, 0.717) is 17.8 Å². The van der Waals surface area contributed by atoms with E-state index in [9.17, 15) is 8.42 Å². The molecule has 0 fully saturated rings. The van der Waals surface area contributed by atoms with Crippen molar-refractivity contribution < 1.29 is 8.42 Å². The highest BCUT2D eigenvalue weighted by atomic mass is 32.2. The van der Waals surface area contributed by atoms with Gasteiger partial charge in [-0.05, 0) is 38.0 Å². The number of nitrogens with one attached hydrogen (secondary N) is 1. The van der Waals surface area contributed by atoms with Gasteiger partial charge in [0.1, 0.15) is 0 Å². The zero-order chi connectivity index (χ0) is 14.7. The van der Waals surface area contributed by atoms with E-state index in [-0.39, 0.29) is 4.90 Å². The van der Waals surface area contributed by atoms with Gasteiger partial charge in [0.25, 0.3) is 0 Å². The van der Waals surface area contributed by atoms with Crippen LogP contribution in [0.2, 0.25) is 0 Å². The molecule has 0 aliphatic rings. The second-order valence-corrected chi connectivity index (χ2v) is 7.34. The van der Waals surface area contributed by atoms with E-state index < -0.39 is 15.6 Å². The number of thiocarbonyl (C=S) groups is 1. The van der Waals surface area contributed by atoms with Crippen LogP contribution in [0.5, 0.6) is 0 Å². The summed E-state index contributed by atoms with van der Waals surface area (Å²) in [5.41, 5.74) is 5.89. The van der Waals surface area contributed by atoms with Gasteiger partial charge >= 0.3 is 0 Å². The summed E-state index contributed by atoms with van der Waals surface area (Å²) in [6.45, 7) is 5.64. The monoisotopic (exact) mass is 300 g/mol. The normalized spacial score (nSPS) is 12.4. The van der Waals surface area contributed by atoms with Crippen LogP contribution in [0.3, 0.4) is 0 Å². The molecule has 0 aliphatic heterocycles. The van der Waals surface area contributed by atoms with Crippen LogP contribution in [0.4, 0.5) is 0 Å². The minimum absolute atomic E-state index is 0.251. The van der Waals surface area contributed by atoms with Gasteiger partial charge in [-0.1, -0.05) is 31.3 Å². The van der Waals surface area contributed by atoms with Gasteiger partial charge in [-0.3, -0.25) is 0 Å². The van der Waals surface area contributed by atoms with E-state index in [1.54, 1.807) is 24.3 Å². The molecule has 0 atom stereocenters. The highest BCUT2D eigenvalue weighted by Gasteiger charge is 2.24. The maximum absolute atomic E-state index is 12.2. The zero-order valence-electron chi connectivity index (χ0n) is 11.4. The molecule has 0 bridgehead atoms. The summed E-state index contributed by atoms with van der Waals surface area (Å²) in [5, 5.41) is 0. The predicted molar refractivity (Wildman–Crippen MR) is 81.6 cm³/mol. The minimum Gasteiger partial charge on any atom is -0.393 e. The number of sulfonamides is 1. The Hall–Kier alpha value is -0.980. The summed E-state index contributed by atoms with van der Waals surface area (Å²) < 4.78 is 27.0. The van der Waals surface area contributed by atoms with Crippen LogP contribution in [0.25, 0.3) is 0 Å². The number of benzene rings is 1. The topological polar surface area (TPSA) is 72.2 Å². The molecular weight excluding hydrogens is 280 g/mol. The van der Waals surface area contributed by atoms with E-state index >= 15 is 0 Å². The minimum atomic E-state index is -3.49. The molecule has 1 rings (SSSR count). The lowest BCUT2D eigenvalue weighted by molar-refractivity contribution is 0.439. The van der Waals surface area contributed by atoms with Gasteiger partial charge in [-0.2, -0.15) is 0 Å². The fourth-order valence-electron chi connectivity index (χ4n) is 1.48. The van der Waals surface area contributed by atoms with Crippen LogP contribution in [0, 0.1) is 0 Å². The van der Waals surface area contributed by atoms with Crippen molar-refractivity contribution in [3.8, 4) is 0 Å². The Morgan fingerprint density at radius 1 is 1.32 bits per heavy atom. The van der Waals surface area contributed by atoms with Crippen LogP contribution in [-0.4, -0.2) is 18.9 Å². The second-order valence-electron chi connectivity index (χ2n) is 5.13. The van der Waals surface area contributed by atoms with Gasteiger partial charge in [-0.15, -0.1) is 0 Å². The van der Waals surface area contributed by atoms with Crippen molar-refractivity contribution in [1.82, 2.24) is 4.72 Å². The lowest BCUT2D eigenvalue weighted by Crippen LogP contribution is -2.42. The van der Waals surface area contributed by atoms with Crippen LogP contribution >= 0.6 is 12.2 Å². The van der Waals surface area contributed by atoms with Crippen molar-refractivity contribution in [3.05, 3.63) is 29.8 Å². The average Bonchev–Trinajstić information content (AvgIpc) is 2.27.